The van der Waals surface area contributed by atoms with E-state index in [1.54, 1.807) is 18.2 Å². The van der Waals surface area contributed by atoms with E-state index in [9.17, 15) is 35.1 Å². The average molecular weight is 482 g/mol. The third-order valence-electron chi connectivity index (χ3n) is 7.62. The molecule has 7 atom stereocenters. The van der Waals surface area contributed by atoms with Crippen LogP contribution in [0.3, 0.4) is 0 Å². The largest absolute Gasteiger partial charge is 0.508 e. The molecular weight excluding hydrogens is 460 g/mol. The van der Waals surface area contributed by atoms with Gasteiger partial charge < -0.3 is 39.7 Å². The first-order chi connectivity index (χ1) is 16.7. The maximum atomic E-state index is 13.3. The number of ketones is 2. The lowest BCUT2D eigenvalue weighted by Crippen LogP contribution is -2.60. The normalized spacial score (nSPS) is 34.9. The lowest BCUT2D eigenvalue weighted by molar-refractivity contribution is -0.205. The number of benzene rings is 2. The molecule has 10 heteroatoms. The van der Waals surface area contributed by atoms with E-state index in [1.807, 2.05) is 0 Å². The van der Waals surface area contributed by atoms with E-state index < -0.39 is 59.0 Å². The molecule has 7 rings (SSSR count). The van der Waals surface area contributed by atoms with Crippen molar-refractivity contribution in [2.45, 2.75) is 23.9 Å². The van der Waals surface area contributed by atoms with Crippen molar-refractivity contribution in [2.24, 2.45) is 17.8 Å². The van der Waals surface area contributed by atoms with Crippen LogP contribution >= 0.6 is 0 Å². The number of rotatable bonds is 3. The maximum Gasteiger partial charge on any atom is 0.234 e. The smallest absolute Gasteiger partial charge is 0.234 e. The van der Waals surface area contributed by atoms with Gasteiger partial charge in [0.2, 0.25) is 11.6 Å². The van der Waals surface area contributed by atoms with Crippen LogP contribution in [-0.2, 0) is 14.3 Å². The third kappa shape index (κ3) is 2.81. The SMILES string of the molecule is COc1cc(C2C3C=C([C@H]4Oc5cc(O)cc(O)c5C(O)C4=O)C4C2COC4(O)C3=O)ccc1O. The summed E-state index contributed by atoms with van der Waals surface area (Å²) in [5.74, 6) is -6.79. The lowest BCUT2D eigenvalue weighted by Gasteiger charge is -2.49. The second-order valence-electron chi connectivity index (χ2n) is 9.34. The van der Waals surface area contributed by atoms with Crippen LogP contribution in [0.4, 0.5) is 0 Å². The molecule has 1 saturated carbocycles. The van der Waals surface area contributed by atoms with Gasteiger partial charge in [-0.15, -0.1) is 0 Å². The van der Waals surface area contributed by atoms with E-state index in [2.05, 4.69) is 0 Å². The van der Waals surface area contributed by atoms with Crippen molar-refractivity contribution in [2.75, 3.05) is 13.7 Å². The molecule has 4 bridgehead atoms. The fourth-order valence-electron chi connectivity index (χ4n) is 6.15. The van der Waals surface area contributed by atoms with E-state index in [4.69, 9.17) is 14.2 Å². The van der Waals surface area contributed by atoms with Crippen molar-refractivity contribution in [3.8, 4) is 28.7 Å². The van der Waals surface area contributed by atoms with E-state index >= 15 is 0 Å². The van der Waals surface area contributed by atoms with Gasteiger partial charge in [-0.1, -0.05) is 12.1 Å². The summed E-state index contributed by atoms with van der Waals surface area (Å²) < 4.78 is 16.7. The van der Waals surface area contributed by atoms with Crippen LogP contribution in [-0.4, -0.2) is 62.7 Å². The molecule has 5 aliphatic rings. The molecule has 0 radical (unpaired) electrons. The molecule has 2 fully saturated rings. The second kappa shape index (κ2) is 7.20. The Morgan fingerprint density at radius 3 is 2.60 bits per heavy atom. The van der Waals surface area contributed by atoms with Crippen LogP contribution in [0.1, 0.15) is 23.1 Å². The zero-order valence-corrected chi connectivity index (χ0v) is 18.4. The molecule has 5 N–H and O–H groups in total. The number of fused-ring (bicyclic) bond motifs is 1. The van der Waals surface area contributed by atoms with Crippen molar-refractivity contribution in [1.82, 2.24) is 0 Å². The molecule has 0 amide bonds. The average Bonchev–Trinajstić information content (AvgIpc) is 3.14. The van der Waals surface area contributed by atoms with E-state index in [-0.39, 0.29) is 35.2 Å². The number of methoxy groups -OCH3 is 1. The van der Waals surface area contributed by atoms with Gasteiger partial charge in [0, 0.05) is 29.9 Å². The van der Waals surface area contributed by atoms with Crippen molar-refractivity contribution in [3.05, 3.63) is 53.1 Å². The number of phenolic OH excluding ortho intramolecular Hbond substituents is 3. The number of allylic oxidation sites excluding steroid dienone is 1. The third-order valence-corrected chi connectivity index (χ3v) is 7.62. The summed E-state index contributed by atoms with van der Waals surface area (Å²) in [4.78, 5) is 26.4. The van der Waals surface area contributed by atoms with Crippen molar-refractivity contribution in [1.29, 1.82) is 0 Å². The van der Waals surface area contributed by atoms with E-state index in [1.165, 1.54) is 19.2 Å². The van der Waals surface area contributed by atoms with Gasteiger partial charge in [0.05, 0.1) is 25.2 Å². The molecule has 0 aromatic heterocycles. The molecular formula is C25H22O10. The lowest BCUT2D eigenvalue weighted by atomic mass is 9.55. The van der Waals surface area contributed by atoms with Crippen molar-refractivity contribution in [3.63, 3.8) is 0 Å². The summed E-state index contributed by atoms with van der Waals surface area (Å²) >= 11 is 0. The number of hydrogen-bond donors (Lipinski definition) is 5. The van der Waals surface area contributed by atoms with E-state index in [0.717, 1.165) is 6.07 Å². The monoisotopic (exact) mass is 482 g/mol. The second-order valence-corrected chi connectivity index (χ2v) is 9.34. The van der Waals surface area contributed by atoms with Gasteiger partial charge in [0.15, 0.2) is 23.4 Å². The highest BCUT2D eigenvalue weighted by atomic mass is 16.6. The predicted molar refractivity (Wildman–Crippen MR) is 116 cm³/mol. The standard InChI is InChI=1S/C25H22O10/c1-33-16-4-9(2-3-14(16)27)18-11-7-12(20-13(18)8-34-25(20,32)24(11)31)23-22(30)21(29)19-15(28)5-10(26)6-17(19)35-23/h2-7,11,13,18,20-21,23,26-29,32H,8H2,1H3/t11?,13?,18?,20?,21?,23-,25?/m1/s1. The summed E-state index contributed by atoms with van der Waals surface area (Å²) in [6, 6.07) is 6.94. The van der Waals surface area contributed by atoms with Crippen LogP contribution in [0.25, 0.3) is 0 Å². The van der Waals surface area contributed by atoms with Crippen molar-refractivity contribution >= 4 is 11.6 Å². The Balaban J connectivity index is 1.46. The molecule has 10 nitrogen and oxygen atoms in total. The van der Waals surface area contributed by atoms with Gasteiger partial charge >= 0.3 is 0 Å². The molecule has 182 valence electrons. The summed E-state index contributed by atoms with van der Waals surface area (Å²) in [5.41, 5.74) is 0.847. The van der Waals surface area contributed by atoms with Crippen LogP contribution in [0, 0.1) is 17.8 Å². The highest BCUT2D eigenvalue weighted by molar-refractivity contribution is 5.98. The molecule has 6 unspecified atom stereocenters. The summed E-state index contributed by atoms with van der Waals surface area (Å²) in [6.07, 6.45) is -1.50. The minimum Gasteiger partial charge on any atom is -0.508 e. The maximum absolute atomic E-state index is 13.3. The van der Waals surface area contributed by atoms with Crippen molar-refractivity contribution < 1.29 is 49.3 Å². The Hall–Kier alpha value is -3.60. The predicted octanol–water partition coefficient (Wildman–Crippen LogP) is 1.05. The minimum absolute atomic E-state index is 0.0379. The minimum atomic E-state index is -2.15. The summed E-state index contributed by atoms with van der Waals surface area (Å²) in [6.45, 7) is 0.0379. The van der Waals surface area contributed by atoms with Gasteiger partial charge in [0.1, 0.15) is 23.4 Å². The topological polar surface area (TPSA) is 163 Å². The summed E-state index contributed by atoms with van der Waals surface area (Å²) in [5, 5.41) is 51.9. The number of carbonyl (C=O) groups is 2. The highest BCUT2D eigenvalue weighted by Gasteiger charge is 2.69. The van der Waals surface area contributed by atoms with Gasteiger partial charge in [-0.05, 0) is 23.3 Å². The Morgan fingerprint density at radius 1 is 1.09 bits per heavy atom. The molecule has 2 heterocycles. The van der Waals surface area contributed by atoms with E-state index in [0.29, 0.717) is 11.1 Å². The molecule has 0 spiro atoms. The summed E-state index contributed by atoms with van der Waals surface area (Å²) in [7, 11) is 1.41. The number of ether oxygens (including phenoxy) is 3. The Bertz CT molecular complexity index is 1320. The van der Waals surface area contributed by atoms with Gasteiger partial charge in [-0.3, -0.25) is 9.59 Å². The number of aliphatic hydroxyl groups excluding tert-OH is 1. The number of carbonyl (C=O) groups excluding carboxylic acids is 2. The number of hydrogen-bond acceptors (Lipinski definition) is 10. The molecule has 35 heavy (non-hydrogen) atoms. The van der Waals surface area contributed by atoms with Crippen LogP contribution in [0.2, 0.25) is 0 Å². The number of aromatic hydroxyl groups is 3. The Morgan fingerprint density at radius 2 is 1.86 bits per heavy atom. The molecule has 1 saturated heterocycles. The molecule has 2 aliphatic heterocycles. The zero-order chi connectivity index (χ0) is 24.8. The molecule has 3 aliphatic carbocycles. The van der Waals surface area contributed by atoms with Crippen LogP contribution in [0.15, 0.2) is 42.0 Å². The van der Waals surface area contributed by atoms with Gasteiger partial charge in [-0.25, -0.2) is 0 Å². The highest BCUT2D eigenvalue weighted by Crippen LogP contribution is 2.61. The van der Waals surface area contributed by atoms with Crippen LogP contribution in [0.5, 0.6) is 28.7 Å². The number of phenols is 3. The van der Waals surface area contributed by atoms with Crippen LogP contribution < -0.4 is 9.47 Å². The molecule has 2 aromatic rings. The number of aliphatic hydroxyl groups is 2. The first-order valence-corrected chi connectivity index (χ1v) is 11.1. The Kier molecular flexibility index (Phi) is 4.51. The fourth-order valence-corrected chi connectivity index (χ4v) is 6.15. The first kappa shape index (κ1) is 21.9. The Labute approximate surface area is 198 Å². The fraction of sp³-hybridized carbons (Fsp3) is 0.360. The van der Waals surface area contributed by atoms with Gasteiger partial charge in [0.25, 0.3) is 0 Å². The molecule has 2 aromatic carbocycles. The van der Waals surface area contributed by atoms with Gasteiger partial charge in [-0.2, -0.15) is 0 Å². The first-order valence-electron chi connectivity index (χ1n) is 11.1. The zero-order valence-electron chi connectivity index (χ0n) is 18.4. The number of Topliss-reactive ketones (excluding diaryl/α,β-unsaturated/α-hetero) is 2. The quantitative estimate of drug-likeness (QED) is 0.400.